The Kier molecular flexibility index (Phi) is 8.85. The van der Waals surface area contributed by atoms with E-state index in [4.69, 9.17) is 4.98 Å². The Labute approximate surface area is 209 Å². The fourth-order valence-corrected chi connectivity index (χ4v) is 5.99. The van der Waals surface area contributed by atoms with Gasteiger partial charge in [-0.1, -0.05) is 84.5 Å². The van der Waals surface area contributed by atoms with Crippen molar-refractivity contribution in [3.05, 3.63) is 29.6 Å². The number of aliphatic carboxylic acids is 1. The summed E-state index contributed by atoms with van der Waals surface area (Å²) in [7, 11) is 0. The van der Waals surface area contributed by atoms with Crippen LogP contribution in [0.5, 0.6) is 0 Å². The second-order valence-electron chi connectivity index (χ2n) is 11.2. The van der Waals surface area contributed by atoms with Crippen molar-refractivity contribution >= 4 is 22.9 Å². The second-order valence-corrected chi connectivity index (χ2v) is 11.2. The predicted octanol–water partition coefficient (Wildman–Crippen LogP) is 6.36. The summed E-state index contributed by atoms with van der Waals surface area (Å²) in [4.78, 5) is 30.0. The molecular formula is C29H43N3O3. The Balaban J connectivity index is 1.53. The lowest BCUT2D eigenvalue weighted by Crippen LogP contribution is -2.42. The van der Waals surface area contributed by atoms with Crippen molar-refractivity contribution in [2.45, 2.75) is 110 Å². The normalized spacial score (nSPS) is 19.5. The van der Waals surface area contributed by atoms with E-state index >= 15 is 0 Å². The van der Waals surface area contributed by atoms with Crippen LogP contribution in [0.2, 0.25) is 0 Å². The molecule has 35 heavy (non-hydrogen) atoms. The third-order valence-electron chi connectivity index (χ3n) is 8.37. The average molecular weight is 482 g/mol. The van der Waals surface area contributed by atoms with Gasteiger partial charge < -0.3 is 15.0 Å². The van der Waals surface area contributed by atoms with Crippen molar-refractivity contribution < 1.29 is 14.7 Å². The lowest BCUT2D eigenvalue weighted by atomic mass is 9.85. The second kappa shape index (κ2) is 12.0. The number of aromatic nitrogens is 2. The minimum Gasteiger partial charge on any atom is -0.480 e. The highest BCUT2D eigenvalue weighted by atomic mass is 16.4. The Morgan fingerprint density at radius 3 is 2.34 bits per heavy atom. The Hall–Kier alpha value is -2.37. The topological polar surface area (TPSA) is 84.2 Å². The molecule has 6 nitrogen and oxygen atoms in total. The van der Waals surface area contributed by atoms with Crippen LogP contribution in [0.1, 0.15) is 107 Å². The third-order valence-corrected chi connectivity index (χ3v) is 8.37. The predicted molar refractivity (Wildman–Crippen MR) is 140 cm³/mol. The molecule has 2 aromatic rings. The van der Waals surface area contributed by atoms with Gasteiger partial charge in [-0.3, -0.25) is 4.79 Å². The average Bonchev–Trinajstić information content (AvgIpc) is 3.20. The van der Waals surface area contributed by atoms with Gasteiger partial charge in [0.05, 0.1) is 11.0 Å². The highest BCUT2D eigenvalue weighted by Crippen LogP contribution is 2.30. The van der Waals surface area contributed by atoms with Gasteiger partial charge in [0.15, 0.2) is 0 Å². The van der Waals surface area contributed by atoms with E-state index in [1.165, 1.54) is 38.5 Å². The van der Waals surface area contributed by atoms with Gasteiger partial charge in [-0.2, -0.15) is 0 Å². The molecule has 1 heterocycles. The number of fused-ring (bicyclic) bond motifs is 1. The minimum absolute atomic E-state index is 0.319. The van der Waals surface area contributed by atoms with Gasteiger partial charge in [0.2, 0.25) is 0 Å². The van der Waals surface area contributed by atoms with Gasteiger partial charge >= 0.3 is 5.97 Å². The molecule has 0 saturated heterocycles. The number of hydrogen-bond acceptors (Lipinski definition) is 3. The molecule has 0 spiro atoms. The molecule has 4 rings (SSSR count). The molecule has 2 fully saturated rings. The first-order valence-corrected chi connectivity index (χ1v) is 14.0. The number of amides is 1. The van der Waals surface area contributed by atoms with E-state index < -0.39 is 12.0 Å². The van der Waals surface area contributed by atoms with Crippen molar-refractivity contribution in [2.75, 3.05) is 0 Å². The summed E-state index contributed by atoms with van der Waals surface area (Å²) in [5, 5.41) is 12.5. The van der Waals surface area contributed by atoms with Crippen molar-refractivity contribution in [3.63, 3.8) is 0 Å². The van der Waals surface area contributed by atoms with Crippen LogP contribution < -0.4 is 5.32 Å². The lowest BCUT2D eigenvalue weighted by molar-refractivity contribution is -0.139. The van der Waals surface area contributed by atoms with E-state index in [2.05, 4.69) is 23.7 Å². The fourth-order valence-electron chi connectivity index (χ4n) is 5.99. The first kappa shape index (κ1) is 25.7. The summed E-state index contributed by atoms with van der Waals surface area (Å²) in [5.41, 5.74) is 2.40. The van der Waals surface area contributed by atoms with E-state index in [1.807, 2.05) is 18.2 Å². The Morgan fingerprint density at radius 2 is 1.71 bits per heavy atom. The van der Waals surface area contributed by atoms with Gasteiger partial charge in [-0.05, 0) is 42.4 Å². The maximum Gasteiger partial charge on any atom is 0.326 e. The zero-order chi connectivity index (χ0) is 24.8. The van der Waals surface area contributed by atoms with E-state index in [9.17, 15) is 14.7 Å². The number of imidazole rings is 1. The molecule has 1 amide bonds. The molecule has 0 radical (unpaired) electrons. The third kappa shape index (κ3) is 6.65. The minimum atomic E-state index is -0.947. The molecule has 2 aliphatic carbocycles. The summed E-state index contributed by atoms with van der Waals surface area (Å²) in [6, 6.07) is 4.84. The fraction of sp³-hybridized carbons (Fsp3) is 0.690. The molecule has 2 atom stereocenters. The van der Waals surface area contributed by atoms with Gasteiger partial charge in [0, 0.05) is 18.5 Å². The van der Waals surface area contributed by atoms with E-state index in [0.29, 0.717) is 29.7 Å². The molecule has 0 aliphatic heterocycles. The molecule has 1 aromatic heterocycles. The molecule has 2 saturated carbocycles. The molecule has 1 aromatic carbocycles. The van der Waals surface area contributed by atoms with Crippen LogP contribution in [0, 0.1) is 17.8 Å². The molecule has 1 unspecified atom stereocenters. The molecule has 2 aliphatic rings. The van der Waals surface area contributed by atoms with Crippen molar-refractivity contribution in [1.82, 2.24) is 14.9 Å². The van der Waals surface area contributed by atoms with Crippen LogP contribution in [0.4, 0.5) is 0 Å². The van der Waals surface area contributed by atoms with E-state index in [0.717, 1.165) is 61.9 Å². The van der Waals surface area contributed by atoms with Gasteiger partial charge in [-0.15, -0.1) is 0 Å². The van der Waals surface area contributed by atoms with Crippen LogP contribution >= 0.6 is 0 Å². The number of benzene rings is 1. The quantitative estimate of drug-likeness (QED) is 0.414. The van der Waals surface area contributed by atoms with Crippen molar-refractivity contribution in [2.24, 2.45) is 17.8 Å². The summed E-state index contributed by atoms with van der Waals surface area (Å²) >= 11 is 0. The lowest BCUT2D eigenvalue weighted by Gasteiger charge is -2.25. The molecule has 192 valence electrons. The van der Waals surface area contributed by atoms with Crippen LogP contribution in [0.15, 0.2) is 18.2 Å². The monoisotopic (exact) mass is 481 g/mol. The first-order valence-electron chi connectivity index (χ1n) is 14.0. The van der Waals surface area contributed by atoms with Crippen LogP contribution in [-0.2, 0) is 17.8 Å². The number of rotatable bonds is 10. The van der Waals surface area contributed by atoms with E-state index in [1.54, 1.807) is 0 Å². The zero-order valence-electron chi connectivity index (χ0n) is 21.6. The zero-order valence-corrected chi connectivity index (χ0v) is 21.6. The van der Waals surface area contributed by atoms with Crippen molar-refractivity contribution in [3.8, 4) is 0 Å². The smallest absolute Gasteiger partial charge is 0.326 e. The molecule has 2 N–H and O–H groups in total. The Bertz CT molecular complexity index is 1000. The highest BCUT2D eigenvalue weighted by molar-refractivity contribution is 5.99. The van der Waals surface area contributed by atoms with Gasteiger partial charge in [0.25, 0.3) is 5.91 Å². The molecular weight excluding hydrogens is 438 g/mol. The van der Waals surface area contributed by atoms with Crippen molar-refractivity contribution in [1.29, 1.82) is 0 Å². The SMILES string of the molecule is CCC(C)Cn1c(CC2CCCCC2)nc2cc(C(=O)N[C@@H](CC3CCCCC3)C(=O)O)ccc21. The molecule has 6 heteroatoms. The number of nitrogens with one attached hydrogen (secondary N) is 1. The standard InChI is InChI=1S/C29H43N3O3/c1-3-20(2)19-32-26-15-14-23(18-24(26)30-27(32)17-22-12-8-5-9-13-22)28(33)31-25(29(34)35)16-21-10-6-4-7-11-21/h14-15,18,20-22,25H,3-13,16-17,19H2,1-2H3,(H,31,33)(H,34,35)/t20?,25-/m0/s1. The number of carbonyl (C=O) groups excluding carboxylic acids is 1. The van der Waals surface area contributed by atoms with Crippen LogP contribution in [-0.4, -0.2) is 32.6 Å². The summed E-state index contributed by atoms with van der Waals surface area (Å²) in [5.74, 6) is 1.49. The van der Waals surface area contributed by atoms with Crippen LogP contribution in [0.25, 0.3) is 11.0 Å². The number of carbonyl (C=O) groups is 2. The largest absolute Gasteiger partial charge is 0.480 e. The number of carboxylic acids is 1. The van der Waals surface area contributed by atoms with Crippen LogP contribution in [0.3, 0.4) is 0 Å². The molecule has 0 bridgehead atoms. The van der Waals surface area contributed by atoms with Gasteiger partial charge in [-0.25, -0.2) is 9.78 Å². The summed E-state index contributed by atoms with van der Waals surface area (Å²) < 4.78 is 2.36. The highest BCUT2D eigenvalue weighted by Gasteiger charge is 2.26. The number of hydrogen-bond donors (Lipinski definition) is 2. The number of carboxylic acid groups (broad SMARTS) is 1. The maximum atomic E-state index is 13.1. The summed E-state index contributed by atoms with van der Waals surface area (Å²) in [6.07, 6.45) is 14.8. The number of nitrogens with zero attached hydrogens (tertiary/aromatic N) is 2. The van der Waals surface area contributed by atoms with Gasteiger partial charge in [0.1, 0.15) is 11.9 Å². The Morgan fingerprint density at radius 1 is 1.06 bits per heavy atom. The first-order chi connectivity index (χ1) is 16.9. The van der Waals surface area contributed by atoms with E-state index in [-0.39, 0.29) is 5.91 Å². The summed E-state index contributed by atoms with van der Waals surface area (Å²) in [6.45, 7) is 5.43. The maximum absolute atomic E-state index is 13.1.